The SMILES string of the molecule is O=C(COC(=O)c1ccc2c(c1)C(=O)N(Cc1ccccc1Cl)C2=O)Nc1ccccc1C(F)(F)F. The zero-order chi connectivity index (χ0) is 26.0. The fraction of sp³-hybridized carbons (Fsp3) is 0.120. The Morgan fingerprint density at radius 2 is 1.58 bits per heavy atom. The predicted molar refractivity (Wildman–Crippen MR) is 122 cm³/mol. The van der Waals surface area contributed by atoms with Crippen LogP contribution in [-0.2, 0) is 22.3 Å². The van der Waals surface area contributed by atoms with Gasteiger partial charge in [-0.15, -0.1) is 0 Å². The highest BCUT2D eigenvalue weighted by Gasteiger charge is 2.36. The first-order valence-corrected chi connectivity index (χ1v) is 10.8. The molecule has 0 radical (unpaired) electrons. The van der Waals surface area contributed by atoms with Crippen LogP contribution in [0.25, 0.3) is 0 Å². The monoisotopic (exact) mass is 516 g/mol. The number of ether oxygens (including phenoxy) is 1. The molecule has 0 fully saturated rings. The van der Waals surface area contributed by atoms with Crippen molar-refractivity contribution in [2.45, 2.75) is 12.7 Å². The van der Waals surface area contributed by atoms with Gasteiger partial charge in [-0.2, -0.15) is 13.2 Å². The summed E-state index contributed by atoms with van der Waals surface area (Å²) >= 11 is 6.12. The number of anilines is 1. The molecule has 0 atom stereocenters. The van der Waals surface area contributed by atoms with Crippen molar-refractivity contribution in [3.8, 4) is 0 Å². The molecule has 3 amide bonds. The van der Waals surface area contributed by atoms with Gasteiger partial charge in [-0.3, -0.25) is 19.3 Å². The number of fused-ring (bicyclic) bond motifs is 1. The van der Waals surface area contributed by atoms with E-state index in [0.717, 1.165) is 17.0 Å². The molecular weight excluding hydrogens is 501 g/mol. The molecule has 11 heteroatoms. The van der Waals surface area contributed by atoms with Gasteiger partial charge in [0.15, 0.2) is 6.61 Å². The third-order valence-corrected chi connectivity index (χ3v) is 5.70. The van der Waals surface area contributed by atoms with E-state index in [1.54, 1.807) is 24.3 Å². The number of imide groups is 1. The van der Waals surface area contributed by atoms with Gasteiger partial charge in [0.2, 0.25) is 0 Å². The molecule has 36 heavy (non-hydrogen) atoms. The highest BCUT2D eigenvalue weighted by Crippen LogP contribution is 2.34. The van der Waals surface area contributed by atoms with Gasteiger partial charge in [0, 0.05) is 5.02 Å². The lowest BCUT2D eigenvalue weighted by Crippen LogP contribution is -2.29. The molecule has 0 aliphatic carbocycles. The molecule has 1 N–H and O–H groups in total. The average Bonchev–Trinajstić information content (AvgIpc) is 3.08. The molecule has 1 heterocycles. The lowest BCUT2D eigenvalue weighted by Gasteiger charge is -2.14. The van der Waals surface area contributed by atoms with E-state index in [-0.39, 0.29) is 23.2 Å². The van der Waals surface area contributed by atoms with E-state index in [1.165, 1.54) is 30.3 Å². The third-order valence-electron chi connectivity index (χ3n) is 5.33. The molecule has 0 aromatic heterocycles. The summed E-state index contributed by atoms with van der Waals surface area (Å²) in [5.74, 6) is -3.18. The topological polar surface area (TPSA) is 92.8 Å². The summed E-state index contributed by atoms with van der Waals surface area (Å²) in [5, 5.41) is 2.44. The van der Waals surface area contributed by atoms with E-state index in [9.17, 15) is 32.3 Å². The number of para-hydroxylation sites is 1. The van der Waals surface area contributed by atoms with Gasteiger partial charge in [-0.05, 0) is 42.0 Å². The normalized spacial score (nSPS) is 12.9. The van der Waals surface area contributed by atoms with E-state index >= 15 is 0 Å². The molecule has 4 rings (SSSR count). The first-order valence-electron chi connectivity index (χ1n) is 10.4. The van der Waals surface area contributed by atoms with Crippen LogP contribution in [0.15, 0.2) is 66.7 Å². The van der Waals surface area contributed by atoms with Crippen LogP contribution >= 0.6 is 11.6 Å². The first-order chi connectivity index (χ1) is 17.1. The predicted octanol–water partition coefficient (Wildman–Crippen LogP) is 4.95. The molecule has 184 valence electrons. The maximum absolute atomic E-state index is 13.1. The van der Waals surface area contributed by atoms with Crippen LogP contribution in [0.2, 0.25) is 5.02 Å². The Kier molecular flexibility index (Phi) is 6.80. The maximum atomic E-state index is 13.1. The molecular formula is C25H16ClF3N2O5. The molecule has 0 saturated carbocycles. The Hall–Kier alpha value is -4.18. The van der Waals surface area contributed by atoms with E-state index < -0.39 is 47.7 Å². The van der Waals surface area contributed by atoms with Crippen LogP contribution in [0.3, 0.4) is 0 Å². The second-order valence-electron chi connectivity index (χ2n) is 7.72. The van der Waals surface area contributed by atoms with Gasteiger partial charge in [0.05, 0.1) is 34.5 Å². The first kappa shape index (κ1) is 24.9. The summed E-state index contributed by atoms with van der Waals surface area (Å²) in [6, 6.07) is 14.8. The van der Waals surface area contributed by atoms with Gasteiger partial charge in [0.1, 0.15) is 0 Å². The van der Waals surface area contributed by atoms with Crippen LogP contribution in [-0.4, -0.2) is 35.2 Å². The van der Waals surface area contributed by atoms with Crippen molar-refractivity contribution in [2.75, 3.05) is 11.9 Å². The highest BCUT2D eigenvalue weighted by atomic mass is 35.5. The Morgan fingerprint density at radius 1 is 0.917 bits per heavy atom. The summed E-state index contributed by atoms with van der Waals surface area (Å²) in [7, 11) is 0. The number of esters is 1. The van der Waals surface area contributed by atoms with Crippen molar-refractivity contribution in [3.63, 3.8) is 0 Å². The van der Waals surface area contributed by atoms with E-state index in [0.29, 0.717) is 10.6 Å². The number of hydrogen-bond acceptors (Lipinski definition) is 5. The van der Waals surface area contributed by atoms with Crippen molar-refractivity contribution in [1.29, 1.82) is 0 Å². The van der Waals surface area contributed by atoms with Crippen molar-refractivity contribution >= 4 is 41.0 Å². The maximum Gasteiger partial charge on any atom is 0.418 e. The van der Waals surface area contributed by atoms with Crippen molar-refractivity contribution in [1.82, 2.24) is 4.90 Å². The number of hydrogen-bond donors (Lipinski definition) is 1. The molecule has 0 unspecified atom stereocenters. The standard InChI is InChI=1S/C25H16ClF3N2O5/c26-19-7-3-1-5-15(19)12-31-22(33)16-10-9-14(11-17(16)23(31)34)24(35)36-13-21(32)30-20-8-4-2-6-18(20)25(27,28)29/h1-11H,12-13H2,(H,30,32). The lowest BCUT2D eigenvalue weighted by molar-refractivity contribution is -0.137. The minimum absolute atomic E-state index is 0.0231. The van der Waals surface area contributed by atoms with Crippen LogP contribution < -0.4 is 5.32 Å². The summed E-state index contributed by atoms with van der Waals surface area (Å²) in [6.45, 7) is -0.932. The number of nitrogens with zero attached hydrogens (tertiary/aromatic N) is 1. The van der Waals surface area contributed by atoms with Crippen molar-refractivity contribution in [3.05, 3.63) is 99.6 Å². The van der Waals surface area contributed by atoms with Crippen LogP contribution in [0.4, 0.5) is 18.9 Å². The Labute approximate surface area is 207 Å². The Bertz CT molecular complexity index is 1390. The zero-order valence-corrected chi connectivity index (χ0v) is 19.0. The number of nitrogens with one attached hydrogen (secondary N) is 1. The average molecular weight is 517 g/mol. The minimum atomic E-state index is -4.69. The number of alkyl halides is 3. The van der Waals surface area contributed by atoms with Crippen molar-refractivity contribution < 1.29 is 37.1 Å². The number of carbonyl (C=O) groups is 4. The lowest BCUT2D eigenvalue weighted by atomic mass is 10.1. The van der Waals surface area contributed by atoms with Gasteiger partial charge >= 0.3 is 12.1 Å². The molecule has 3 aromatic rings. The quantitative estimate of drug-likeness (QED) is 0.370. The fourth-order valence-corrected chi connectivity index (χ4v) is 3.79. The molecule has 7 nitrogen and oxygen atoms in total. The molecule has 0 spiro atoms. The van der Waals surface area contributed by atoms with Gasteiger partial charge in [-0.25, -0.2) is 4.79 Å². The Balaban J connectivity index is 1.42. The summed E-state index contributed by atoms with van der Waals surface area (Å²) in [6.07, 6.45) is -4.69. The molecule has 0 saturated heterocycles. The number of carbonyl (C=O) groups excluding carboxylic acids is 4. The second kappa shape index (κ2) is 9.82. The van der Waals surface area contributed by atoms with Crippen LogP contribution in [0, 0.1) is 0 Å². The zero-order valence-electron chi connectivity index (χ0n) is 18.3. The van der Waals surface area contributed by atoms with Crippen molar-refractivity contribution in [2.24, 2.45) is 0 Å². The minimum Gasteiger partial charge on any atom is -0.452 e. The van der Waals surface area contributed by atoms with E-state index in [2.05, 4.69) is 5.32 Å². The molecule has 1 aliphatic heterocycles. The second-order valence-corrected chi connectivity index (χ2v) is 8.12. The summed E-state index contributed by atoms with van der Waals surface area (Å²) < 4.78 is 44.1. The molecule has 1 aliphatic rings. The van der Waals surface area contributed by atoms with E-state index in [4.69, 9.17) is 16.3 Å². The fourth-order valence-electron chi connectivity index (χ4n) is 3.60. The third kappa shape index (κ3) is 5.08. The van der Waals surface area contributed by atoms with Gasteiger partial charge in [-0.1, -0.05) is 41.9 Å². The number of halogens is 4. The summed E-state index contributed by atoms with van der Waals surface area (Å²) in [4.78, 5) is 51.0. The van der Waals surface area contributed by atoms with Gasteiger partial charge < -0.3 is 10.1 Å². The Morgan fingerprint density at radius 3 is 2.31 bits per heavy atom. The van der Waals surface area contributed by atoms with Crippen LogP contribution in [0.5, 0.6) is 0 Å². The van der Waals surface area contributed by atoms with E-state index in [1.807, 2.05) is 0 Å². The largest absolute Gasteiger partial charge is 0.452 e. The number of rotatable bonds is 6. The molecule has 3 aromatic carbocycles. The number of benzene rings is 3. The summed E-state index contributed by atoms with van der Waals surface area (Å²) in [5.41, 5.74) is -1.02. The number of amides is 3. The van der Waals surface area contributed by atoms with Gasteiger partial charge in [0.25, 0.3) is 17.7 Å². The smallest absolute Gasteiger partial charge is 0.418 e. The highest BCUT2D eigenvalue weighted by molar-refractivity contribution is 6.31. The van der Waals surface area contributed by atoms with Crippen LogP contribution in [0.1, 0.15) is 42.2 Å². The molecule has 0 bridgehead atoms.